The maximum atomic E-state index is 12.6. The lowest BCUT2D eigenvalue weighted by Crippen LogP contribution is -2.35. The Hall–Kier alpha value is -3.94. The monoisotopic (exact) mass is 405 g/mol. The third-order valence-corrected chi connectivity index (χ3v) is 5.13. The molecule has 152 valence electrons. The zero-order chi connectivity index (χ0) is 20.5. The van der Waals surface area contributed by atoms with E-state index >= 15 is 0 Å². The van der Waals surface area contributed by atoms with Crippen molar-refractivity contribution in [3.05, 3.63) is 71.7 Å². The van der Waals surface area contributed by atoms with Crippen molar-refractivity contribution in [3.8, 4) is 11.5 Å². The van der Waals surface area contributed by atoms with E-state index in [2.05, 4.69) is 10.6 Å². The molecule has 0 fully saturated rings. The Labute approximate surface area is 172 Å². The number of urea groups is 1. The lowest BCUT2D eigenvalue weighted by atomic mass is 9.99. The van der Waals surface area contributed by atoms with Crippen molar-refractivity contribution < 1.29 is 23.5 Å². The molecule has 3 amide bonds. The van der Waals surface area contributed by atoms with Crippen LogP contribution in [0.5, 0.6) is 11.5 Å². The molecule has 8 nitrogen and oxygen atoms in total. The summed E-state index contributed by atoms with van der Waals surface area (Å²) in [5, 5.41) is 5.62. The number of benzene rings is 2. The van der Waals surface area contributed by atoms with Crippen molar-refractivity contribution in [1.29, 1.82) is 0 Å². The summed E-state index contributed by atoms with van der Waals surface area (Å²) in [6.45, 7) is 1.28. The molecule has 3 aromatic rings. The minimum atomic E-state index is -0.367. The van der Waals surface area contributed by atoms with E-state index in [1.165, 1.54) is 11.8 Å². The quantitative estimate of drug-likeness (QED) is 0.690. The van der Waals surface area contributed by atoms with Gasteiger partial charge < -0.3 is 29.4 Å². The first-order valence-electron chi connectivity index (χ1n) is 9.58. The van der Waals surface area contributed by atoms with Crippen molar-refractivity contribution in [2.24, 2.45) is 0 Å². The molecule has 2 N–H and O–H groups in total. The highest BCUT2D eigenvalue weighted by Gasteiger charge is 2.23. The number of nitrogens with one attached hydrogen (secondary N) is 2. The molecule has 0 spiro atoms. The zero-order valence-corrected chi connectivity index (χ0v) is 16.0. The van der Waals surface area contributed by atoms with Gasteiger partial charge in [-0.05, 0) is 53.9 Å². The third-order valence-electron chi connectivity index (χ3n) is 5.13. The summed E-state index contributed by atoms with van der Waals surface area (Å²) >= 11 is 0. The van der Waals surface area contributed by atoms with Gasteiger partial charge in [0.15, 0.2) is 17.3 Å². The standard InChI is InChI=1S/C22H19N3O5/c26-21(19-2-1-9-28-19)25-8-7-14-3-4-16(10-15(14)12-25)23-22(27)24-17-5-6-18-20(11-17)30-13-29-18/h1-6,9-11H,7-8,12-13H2,(H2,23,24,27). The number of ether oxygens (including phenoxy) is 2. The molecule has 0 atom stereocenters. The van der Waals surface area contributed by atoms with Crippen LogP contribution in [0.15, 0.2) is 59.2 Å². The summed E-state index contributed by atoms with van der Waals surface area (Å²) < 4.78 is 15.8. The first kappa shape index (κ1) is 18.1. The number of hydrogen-bond donors (Lipinski definition) is 2. The maximum Gasteiger partial charge on any atom is 0.323 e. The van der Waals surface area contributed by atoms with E-state index in [0.717, 1.165) is 12.0 Å². The summed E-state index contributed by atoms with van der Waals surface area (Å²) in [5.74, 6) is 1.45. The number of hydrogen-bond acceptors (Lipinski definition) is 5. The van der Waals surface area contributed by atoms with Gasteiger partial charge in [-0.2, -0.15) is 0 Å². The third kappa shape index (κ3) is 3.55. The largest absolute Gasteiger partial charge is 0.459 e. The van der Waals surface area contributed by atoms with Gasteiger partial charge >= 0.3 is 6.03 Å². The fourth-order valence-electron chi connectivity index (χ4n) is 3.63. The van der Waals surface area contributed by atoms with Gasteiger partial charge in [0.05, 0.1) is 6.26 Å². The van der Waals surface area contributed by atoms with Gasteiger partial charge in [-0.3, -0.25) is 4.79 Å². The molecule has 30 heavy (non-hydrogen) atoms. The lowest BCUT2D eigenvalue weighted by Gasteiger charge is -2.28. The van der Waals surface area contributed by atoms with Gasteiger partial charge in [-0.25, -0.2) is 4.79 Å². The molecule has 2 aromatic carbocycles. The Balaban J connectivity index is 1.26. The Morgan fingerprint density at radius 1 is 0.900 bits per heavy atom. The van der Waals surface area contributed by atoms with Crippen molar-refractivity contribution in [2.45, 2.75) is 13.0 Å². The van der Waals surface area contributed by atoms with Gasteiger partial charge in [0.1, 0.15) is 0 Å². The van der Waals surface area contributed by atoms with Crippen LogP contribution in [0.1, 0.15) is 21.7 Å². The number of nitrogens with zero attached hydrogens (tertiary/aromatic N) is 1. The van der Waals surface area contributed by atoms with Crippen LogP contribution in [0.4, 0.5) is 16.2 Å². The van der Waals surface area contributed by atoms with E-state index < -0.39 is 0 Å². The van der Waals surface area contributed by atoms with E-state index in [-0.39, 0.29) is 18.7 Å². The van der Waals surface area contributed by atoms with Crippen LogP contribution in [0.2, 0.25) is 0 Å². The highest BCUT2D eigenvalue weighted by molar-refractivity contribution is 6.00. The Morgan fingerprint density at radius 3 is 2.53 bits per heavy atom. The minimum Gasteiger partial charge on any atom is -0.459 e. The molecule has 8 heteroatoms. The molecule has 0 aliphatic carbocycles. The molecule has 0 saturated carbocycles. The van der Waals surface area contributed by atoms with Crippen LogP contribution < -0.4 is 20.1 Å². The van der Waals surface area contributed by atoms with Crippen LogP contribution >= 0.6 is 0 Å². The lowest BCUT2D eigenvalue weighted by molar-refractivity contribution is 0.0702. The number of carbonyl (C=O) groups is 2. The van der Waals surface area contributed by atoms with Crippen molar-refractivity contribution in [2.75, 3.05) is 24.0 Å². The van der Waals surface area contributed by atoms with E-state index in [1.807, 2.05) is 18.2 Å². The van der Waals surface area contributed by atoms with Gasteiger partial charge in [0.25, 0.3) is 5.91 Å². The number of anilines is 2. The van der Waals surface area contributed by atoms with E-state index in [1.54, 1.807) is 35.2 Å². The maximum absolute atomic E-state index is 12.6. The van der Waals surface area contributed by atoms with Gasteiger partial charge in [0, 0.05) is 30.5 Å². The van der Waals surface area contributed by atoms with Crippen LogP contribution in [0.25, 0.3) is 0 Å². The van der Waals surface area contributed by atoms with Gasteiger partial charge in [-0.15, -0.1) is 0 Å². The average molecular weight is 405 g/mol. The first-order chi connectivity index (χ1) is 14.7. The van der Waals surface area contributed by atoms with Crippen molar-refractivity contribution in [1.82, 2.24) is 4.90 Å². The van der Waals surface area contributed by atoms with Gasteiger partial charge in [-0.1, -0.05) is 6.07 Å². The van der Waals surface area contributed by atoms with E-state index in [4.69, 9.17) is 13.9 Å². The summed E-state index contributed by atoms with van der Waals surface area (Å²) in [5.41, 5.74) is 3.42. The number of carbonyl (C=O) groups excluding carboxylic acids is 2. The van der Waals surface area contributed by atoms with Crippen LogP contribution in [-0.2, 0) is 13.0 Å². The molecule has 0 saturated heterocycles. The fraction of sp³-hybridized carbons (Fsp3) is 0.182. The molecule has 3 heterocycles. The summed E-state index contributed by atoms with van der Waals surface area (Å²) in [6.07, 6.45) is 2.25. The summed E-state index contributed by atoms with van der Waals surface area (Å²) in [4.78, 5) is 26.7. The number of amides is 3. The topological polar surface area (TPSA) is 93.0 Å². The predicted octanol–water partition coefficient (Wildman–Crippen LogP) is 3.85. The molecule has 0 bridgehead atoms. The van der Waals surface area contributed by atoms with Crippen molar-refractivity contribution in [3.63, 3.8) is 0 Å². The zero-order valence-electron chi connectivity index (χ0n) is 16.0. The van der Waals surface area contributed by atoms with E-state index in [0.29, 0.717) is 41.7 Å². The Kier molecular flexibility index (Phi) is 4.51. The second kappa shape index (κ2) is 7.47. The minimum absolute atomic E-state index is 0.135. The summed E-state index contributed by atoms with van der Waals surface area (Å²) in [6, 6.07) is 14.0. The van der Waals surface area contributed by atoms with Gasteiger partial charge in [0.2, 0.25) is 6.79 Å². The fourth-order valence-corrected chi connectivity index (χ4v) is 3.63. The molecule has 2 aliphatic rings. The highest BCUT2D eigenvalue weighted by atomic mass is 16.7. The van der Waals surface area contributed by atoms with E-state index in [9.17, 15) is 9.59 Å². The first-order valence-corrected chi connectivity index (χ1v) is 9.58. The van der Waals surface area contributed by atoms with Crippen LogP contribution in [0, 0.1) is 0 Å². The Morgan fingerprint density at radius 2 is 1.70 bits per heavy atom. The number of furan rings is 1. The highest BCUT2D eigenvalue weighted by Crippen LogP contribution is 2.34. The Bertz CT molecular complexity index is 1110. The normalized spacial score (nSPS) is 14.2. The molecule has 0 radical (unpaired) electrons. The SMILES string of the molecule is O=C(Nc1ccc2c(c1)CN(C(=O)c1ccco1)CC2)Nc1ccc2c(c1)OCO2. The molecular weight excluding hydrogens is 386 g/mol. The summed E-state index contributed by atoms with van der Waals surface area (Å²) in [7, 11) is 0. The van der Waals surface area contributed by atoms with Crippen LogP contribution in [-0.4, -0.2) is 30.2 Å². The smallest absolute Gasteiger partial charge is 0.323 e. The molecule has 0 unspecified atom stereocenters. The molecule has 1 aromatic heterocycles. The predicted molar refractivity (Wildman–Crippen MR) is 109 cm³/mol. The number of fused-ring (bicyclic) bond motifs is 2. The second-order valence-electron chi connectivity index (χ2n) is 7.08. The molecule has 2 aliphatic heterocycles. The average Bonchev–Trinajstić information content (AvgIpc) is 3.44. The van der Waals surface area contributed by atoms with Crippen LogP contribution in [0.3, 0.4) is 0 Å². The van der Waals surface area contributed by atoms with Crippen molar-refractivity contribution >= 4 is 23.3 Å². The molecular formula is C22H19N3O5. The molecule has 5 rings (SSSR count). The number of rotatable bonds is 3. The second-order valence-corrected chi connectivity index (χ2v) is 7.08.